The van der Waals surface area contributed by atoms with Crippen LogP contribution in [0.4, 0.5) is 0 Å². The molecular formula is C16H21BrN2OS. The fourth-order valence-electron chi connectivity index (χ4n) is 2.09. The van der Waals surface area contributed by atoms with Crippen molar-refractivity contribution in [1.29, 1.82) is 0 Å². The molecule has 0 aliphatic heterocycles. The van der Waals surface area contributed by atoms with E-state index in [1.165, 1.54) is 4.88 Å². The van der Waals surface area contributed by atoms with Crippen LogP contribution in [0.1, 0.15) is 43.7 Å². The molecule has 1 unspecified atom stereocenters. The zero-order valence-electron chi connectivity index (χ0n) is 12.6. The molecule has 0 radical (unpaired) electrons. The smallest absolute Gasteiger partial charge is 0.138 e. The topological polar surface area (TPSA) is 34.2 Å². The molecular weight excluding hydrogens is 348 g/mol. The Bertz CT molecular complexity index is 571. The van der Waals surface area contributed by atoms with Gasteiger partial charge in [-0.1, -0.05) is 6.92 Å². The molecule has 0 spiro atoms. The van der Waals surface area contributed by atoms with Gasteiger partial charge in [-0.3, -0.25) is 4.98 Å². The average molecular weight is 369 g/mol. The highest BCUT2D eigenvalue weighted by Gasteiger charge is 2.18. The lowest BCUT2D eigenvalue weighted by Gasteiger charge is -2.19. The summed E-state index contributed by atoms with van der Waals surface area (Å²) in [5.41, 5.74) is 1.13. The van der Waals surface area contributed by atoms with E-state index in [4.69, 9.17) is 4.74 Å². The summed E-state index contributed by atoms with van der Waals surface area (Å²) in [7, 11) is 0. The predicted molar refractivity (Wildman–Crippen MR) is 92.2 cm³/mol. The van der Waals surface area contributed by atoms with Crippen LogP contribution in [0.2, 0.25) is 0 Å². The van der Waals surface area contributed by atoms with Crippen LogP contribution >= 0.6 is 27.3 Å². The van der Waals surface area contributed by atoms with Crippen molar-refractivity contribution in [2.45, 2.75) is 39.3 Å². The summed E-state index contributed by atoms with van der Waals surface area (Å²) in [5, 5.41) is 5.69. The van der Waals surface area contributed by atoms with Gasteiger partial charge >= 0.3 is 0 Å². The monoisotopic (exact) mass is 368 g/mol. The summed E-state index contributed by atoms with van der Waals surface area (Å²) in [6, 6.07) is 4.30. The Hall–Kier alpha value is -0.910. The van der Waals surface area contributed by atoms with Gasteiger partial charge in [-0.25, -0.2) is 0 Å². The van der Waals surface area contributed by atoms with Crippen LogP contribution in [0.5, 0.6) is 5.75 Å². The Morgan fingerprint density at radius 2 is 2.19 bits per heavy atom. The minimum Gasteiger partial charge on any atom is -0.489 e. The summed E-state index contributed by atoms with van der Waals surface area (Å²) in [6.07, 6.45) is 4.92. The molecule has 3 nitrogen and oxygen atoms in total. The first-order valence-corrected chi connectivity index (χ1v) is 8.87. The van der Waals surface area contributed by atoms with Gasteiger partial charge < -0.3 is 10.1 Å². The van der Waals surface area contributed by atoms with Gasteiger partial charge in [0.15, 0.2) is 0 Å². The SMILES string of the molecule is CCCNC(c1cncc(OC(C)C)c1)c1sccc1Br. The molecule has 0 aliphatic carbocycles. The Balaban J connectivity index is 2.30. The molecule has 0 amide bonds. The number of nitrogens with one attached hydrogen (secondary N) is 1. The normalized spacial score (nSPS) is 12.6. The second-order valence-corrected chi connectivity index (χ2v) is 6.94. The van der Waals surface area contributed by atoms with Crippen LogP contribution in [0, 0.1) is 0 Å². The number of thiophene rings is 1. The number of pyridine rings is 1. The Kier molecular flexibility index (Phi) is 6.21. The van der Waals surface area contributed by atoms with Crippen molar-refractivity contribution in [2.24, 2.45) is 0 Å². The Morgan fingerprint density at radius 1 is 1.38 bits per heavy atom. The quantitative estimate of drug-likeness (QED) is 0.763. The van der Waals surface area contributed by atoms with E-state index in [0.29, 0.717) is 0 Å². The summed E-state index contributed by atoms with van der Waals surface area (Å²) < 4.78 is 6.89. The number of nitrogens with zero attached hydrogens (tertiary/aromatic N) is 1. The molecule has 5 heteroatoms. The molecule has 21 heavy (non-hydrogen) atoms. The lowest BCUT2D eigenvalue weighted by atomic mass is 10.1. The molecule has 0 fully saturated rings. The van der Waals surface area contributed by atoms with Gasteiger partial charge in [-0.15, -0.1) is 11.3 Å². The van der Waals surface area contributed by atoms with E-state index in [1.807, 2.05) is 20.0 Å². The number of hydrogen-bond acceptors (Lipinski definition) is 4. The number of hydrogen-bond donors (Lipinski definition) is 1. The van der Waals surface area contributed by atoms with E-state index in [-0.39, 0.29) is 12.1 Å². The van der Waals surface area contributed by atoms with Crippen molar-refractivity contribution in [3.8, 4) is 5.75 Å². The fraction of sp³-hybridized carbons (Fsp3) is 0.438. The first-order chi connectivity index (χ1) is 10.1. The molecule has 114 valence electrons. The molecule has 0 aliphatic rings. The van der Waals surface area contributed by atoms with Crippen LogP contribution in [-0.4, -0.2) is 17.6 Å². The third-order valence-corrected chi connectivity index (χ3v) is 4.88. The fourth-order valence-corrected chi connectivity index (χ4v) is 3.80. The standard InChI is InChI=1S/C16H21BrN2OS/c1-4-6-19-15(16-14(17)5-7-21-16)12-8-13(10-18-9-12)20-11(2)3/h5,7-11,15,19H,4,6H2,1-3H3. The minimum absolute atomic E-state index is 0.141. The van der Waals surface area contributed by atoms with Gasteiger partial charge in [0.2, 0.25) is 0 Å². The summed E-state index contributed by atoms with van der Waals surface area (Å²) in [5.74, 6) is 0.818. The van der Waals surface area contributed by atoms with E-state index < -0.39 is 0 Å². The average Bonchev–Trinajstić information content (AvgIpc) is 2.85. The molecule has 2 heterocycles. The van der Waals surface area contributed by atoms with Gasteiger partial charge in [0, 0.05) is 15.5 Å². The van der Waals surface area contributed by atoms with E-state index >= 15 is 0 Å². The third-order valence-electron chi connectivity index (χ3n) is 2.94. The molecule has 1 N–H and O–H groups in total. The van der Waals surface area contributed by atoms with E-state index in [9.17, 15) is 0 Å². The Labute approximate surface area is 138 Å². The molecule has 2 aromatic rings. The number of ether oxygens (including phenoxy) is 1. The molecule has 0 saturated heterocycles. The second-order valence-electron chi connectivity index (χ2n) is 5.14. The highest BCUT2D eigenvalue weighted by molar-refractivity contribution is 9.10. The third kappa shape index (κ3) is 4.53. The molecule has 2 rings (SSSR count). The highest BCUT2D eigenvalue weighted by atomic mass is 79.9. The lowest BCUT2D eigenvalue weighted by Crippen LogP contribution is -2.23. The van der Waals surface area contributed by atoms with Gasteiger partial charge in [0.25, 0.3) is 0 Å². The van der Waals surface area contributed by atoms with Crippen molar-refractivity contribution in [3.05, 3.63) is 44.8 Å². The van der Waals surface area contributed by atoms with Crippen molar-refractivity contribution in [1.82, 2.24) is 10.3 Å². The largest absolute Gasteiger partial charge is 0.489 e. The molecule has 1 atom stereocenters. The van der Waals surface area contributed by atoms with E-state index in [1.54, 1.807) is 17.5 Å². The first kappa shape index (κ1) is 16.5. The van der Waals surface area contributed by atoms with Crippen molar-refractivity contribution < 1.29 is 4.74 Å². The van der Waals surface area contributed by atoms with Crippen LogP contribution in [0.15, 0.2) is 34.4 Å². The van der Waals surface area contributed by atoms with Crippen LogP contribution in [0.3, 0.4) is 0 Å². The lowest BCUT2D eigenvalue weighted by molar-refractivity contribution is 0.241. The van der Waals surface area contributed by atoms with Gasteiger partial charge in [-0.2, -0.15) is 0 Å². The summed E-state index contributed by atoms with van der Waals surface area (Å²) >= 11 is 5.38. The molecule has 0 aromatic carbocycles. The maximum absolute atomic E-state index is 5.76. The summed E-state index contributed by atoms with van der Waals surface area (Å²) in [6.45, 7) is 7.18. The second kappa shape index (κ2) is 7.92. The van der Waals surface area contributed by atoms with Gasteiger partial charge in [0.1, 0.15) is 5.75 Å². The number of rotatable bonds is 7. The van der Waals surface area contributed by atoms with Gasteiger partial charge in [-0.05, 0) is 65.8 Å². The molecule has 2 aromatic heterocycles. The van der Waals surface area contributed by atoms with Crippen LogP contribution in [-0.2, 0) is 0 Å². The highest BCUT2D eigenvalue weighted by Crippen LogP contribution is 2.34. The predicted octanol–water partition coefficient (Wildman–Crippen LogP) is 4.78. The maximum Gasteiger partial charge on any atom is 0.138 e. The molecule has 0 saturated carbocycles. The minimum atomic E-state index is 0.141. The first-order valence-electron chi connectivity index (χ1n) is 7.19. The number of aromatic nitrogens is 1. The van der Waals surface area contributed by atoms with E-state index in [2.05, 4.69) is 50.7 Å². The van der Waals surface area contributed by atoms with Crippen LogP contribution < -0.4 is 10.1 Å². The maximum atomic E-state index is 5.76. The van der Waals surface area contributed by atoms with Crippen molar-refractivity contribution >= 4 is 27.3 Å². The molecule has 0 bridgehead atoms. The zero-order chi connectivity index (χ0) is 15.2. The van der Waals surface area contributed by atoms with Crippen molar-refractivity contribution in [3.63, 3.8) is 0 Å². The van der Waals surface area contributed by atoms with Gasteiger partial charge in [0.05, 0.1) is 18.3 Å². The zero-order valence-corrected chi connectivity index (χ0v) is 15.0. The van der Waals surface area contributed by atoms with Crippen LogP contribution in [0.25, 0.3) is 0 Å². The summed E-state index contributed by atoms with van der Waals surface area (Å²) in [4.78, 5) is 5.60. The van der Waals surface area contributed by atoms with Crippen molar-refractivity contribution in [2.75, 3.05) is 6.54 Å². The Morgan fingerprint density at radius 3 is 2.81 bits per heavy atom. The van der Waals surface area contributed by atoms with E-state index in [0.717, 1.165) is 28.8 Å². The number of halogens is 1.